The first-order valence-electron chi connectivity index (χ1n) is 27.2. The van der Waals surface area contributed by atoms with Gasteiger partial charge in [-0.05, 0) is 89.9 Å². The minimum Gasteiger partial charge on any atom is -0.462 e. The molecule has 0 aromatic rings. The van der Waals surface area contributed by atoms with Crippen molar-refractivity contribution in [2.45, 2.75) is 252 Å². The van der Waals surface area contributed by atoms with Crippen LogP contribution in [-0.2, 0) is 28.6 Å². The van der Waals surface area contributed by atoms with Crippen LogP contribution in [0.4, 0.5) is 0 Å². The van der Waals surface area contributed by atoms with Crippen molar-refractivity contribution in [1.29, 1.82) is 0 Å². The number of carbonyl (C=O) groups is 3. The van der Waals surface area contributed by atoms with E-state index >= 15 is 0 Å². The Bertz CT molecular complexity index is 1330. The number of esters is 3. The second kappa shape index (κ2) is 53.9. The molecule has 0 aliphatic carbocycles. The van der Waals surface area contributed by atoms with Gasteiger partial charge >= 0.3 is 17.9 Å². The van der Waals surface area contributed by atoms with Crippen molar-refractivity contribution in [1.82, 2.24) is 0 Å². The van der Waals surface area contributed by atoms with E-state index in [1.165, 1.54) is 128 Å². The van der Waals surface area contributed by atoms with Crippen LogP contribution in [0.15, 0.2) is 97.2 Å². The summed E-state index contributed by atoms with van der Waals surface area (Å²) in [5.41, 5.74) is 0. The van der Waals surface area contributed by atoms with Gasteiger partial charge in [0.25, 0.3) is 0 Å². The van der Waals surface area contributed by atoms with E-state index in [0.29, 0.717) is 19.3 Å². The van der Waals surface area contributed by atoms with Gasteiger partial charge in [0.1, 0.15) is 13.2 Å². The molecule has 0 aliphatic heterocycles. The Labute approximate surface area is 407 Å². The predicted octanol–water partition coefficient (Wildman–Crippen LogP) is 18.1. The van der Waals surface area contributed by atoms with Gasteiger partial charge in [-0.2, -0.15) is 0 Å². The lowest BCUT2D eigenvalue weighted by molar-refractivity contribution is -0.166. The molecule has 0 aromatic carbocycles. The lowest BCUT2D eigenvalue weighted by Crippen LogP contribution is -2.30. The first-order chi connectivity index (χ1) is 32.5. The van der Waals surface area contributed by atoms with Crippen LogP contribution in [0.2, 0.25) is 0 Å². The Balaban J connectivity index is 4.57. The molecule has 0 amide bonds. The molecule has 1 atom stereocenters. The third kappa shape index (κ3) is 51.3. The zero-order valence-corrected chi connectivity index (χ0v) is 42.9. The Morgan fingerprint density at radius 2 is 0.591 bits per heavy atom. The maximum absolute atomic E-state index is 12.8. The van der Waals surface area contributed by atoms with Gasteiger partial charge in [-0.15, -0.1) is 0 Å². The van der Waals surface area contributed by atoms with E-state index < -0.39 is 12.1 Å². The lowest BCUT2D eigenvalue weighted by atomic mass is 10.0. The van der Waals surface area contributed by atoms with Crippen molar-refractivity contribution in [3.8, 4) is 0 Å². The van der Waals surface area contributed by atoms with Crippen LogP contribution in [-0.4, -0.2) is 37.2 Å². The Hall–Kier alpha value is -3.67. The summed E-state index contributed by atoms with van der Waals surface area (Å²) in [6, 6.07) is 0. The van der Waals surface area contributed by atoms with Crippen LogP contribution >= 0.6 is 0 Å². The van der Waals surface area contributed by atoms with Crippen molar-refractivity contribution >= 4 is 17.9 Å². The normalized spacial score (nSPS) is 12.8. The van der Waals surface area contributed by atoms with Crippen LogP contribution in [0, 0.1) is 0 Å². The van der Waals surface area contributed by atoms with E-state index in [9.17, 15) is 14.4 Å². The van der Waals surface area contributed by atoms with Gasteiger partial charge in [-0.1, -0.05) is 234 Å². The SMILES string of the molecule is CCCCC/C=C\C/C=C\C/C=C\C/C=C\C/C=C\CCC(=O)O[C@H](COC(=O)CCC/C=C\C/C=C\C/C=C\CCCCCCCC)COC(=O)CCCCCCCCCCCCCC. The Morgan fingerprint density at radius 3 is 1.00 bits per heavy atom. The van der Waals surface area contributed by atoms with Crippen LogP contribution in [0.1, 0.15) is 245 Å². The van der Waals surface area contributed by atoms with E-state index in [1.54, 1.807) is 0 Å². The summed E-state index contributed by atoms with van der Waals surface area (Å²) in [6.07, 6.45) is 71.2. The quantitative estimate of drug-likeness (QED) is 0.0262. The highest BCUT2D eigenvalue weighted by molar-refractivity contribution is 5.71. The van der Waals surface area contributed by atoms with Gasteiger partial charge < -0.3 is 14.2 Å². The highest BCUT2D eigenvalue weighted by atomic mass is 16.6. The summed E-state index contributed by atoms with van der Waals surface area (Å²) in [6.45, 7) is 6.49. The summed E-state index contributed by atoms with van der Waals surface area (Å²) in [5.74, 6) is -1.06. The Kier molecular flexibility index (Phi) is 50.9. The number of hydrogen-bond donors (Lipinski definition) is 0. The zero-order chi connectivity index (χ0) is 47.9. The van der Waals surface area contributed by atoms with Crippen LogP contribution in [0.3, 0.4) is 0 Å². The van der Waals surface area contributed by atoms with Gasteiger partial charge in [0.15, 0.2) is 6.10 Å². The van der Waals surface area contributed by atoms with E-state index in [1.807, 2.05) is 12.2 Å². The highest BCUT2D eigenvalue weighted by Gasteiger charge is 2.19. The molecular formula is C60H100O6. The van der Waals surface area contributed by atoms with Crippen molar-refractivity contribution in [3.05, 3.63) is 97.2 Å². The minimum absolute atomic E-state index is 0.122. The standard InChI is InChI=1S/C60H100O6/c1-4-7-10-13-16-19-22-25-27-29-30-32-34-36-39-42-45-48-51-54-60(63)66-57(55-64-58(61)52-49-46-43-40-37-24-21-18-15-12-9-6-3)56-65-59(62)53-50-47-44-41-38-35-33-31-28-26-23-20-17-14-11-8-5-2/h16,19,25-28,30,32-33,35-36,39,41,44-45,48,57H,4-15,17-18,20-24,29,31,34,37-38,40,42-43,46-47,49-56H2,1-3H3/b19-16-,27-25-,28-26-,32-30-,35-33-,39-36-,44-41-,48-45-/t57-/m0/s1. The summed E-state index contributed by atoms with van der Waals surface area (Å²) in [5, 5.41) is 0. The number of carbonyl (C=O) groups excluding carboxylic acids is 3. The third-order valence-electron chi connectivity index (χ3n) is 11.3. The average Bonchev–Trinajstić information content (AvgIpc) is 3.31. The average molecular weight is 917 g/mol. The minimum atomic E-state index is -0.836. The molecule has 0 spiro atoms. The molecule has 0 aromatic heterocycles. The maximum Gasteiger partial charge on any atom is 0.306 e. The van der Waals surface area contributed by atoms with Crippen LogP contribution in [0.5, 0.6) is 0 Å². The number of hydrogen-bond acceptors (Lipinski definition) is 6. The largest absolute Gasteiger partial charge is 0.462 e. The lowest BCUT2D eigenvalue weighted by Gasteiger charge is -2.18. The van der Waals surface area contributed by atoms with Gasteiger partial charge in [0.05, 0.1) is 0 Å². The molecule has 0 heterocycles. The molecule has 0 unspecified atom stereocenters. The summed E-state index contributed by atoms with van der Waals surface area (Å²) in [4.78, 5) is 38.0. The second-order valence-electron chi connectivity index (χ2n) is 17.8. The molecule has 0 aliphatic rings. The van der Waals surface area contributed by atoms with Gasteiger partial charge in [-0.3, -0.25) is 14.4 Å². The molecule has 6 heteroatoms. The van der Waals surface area contributed by atoms with Gasteiger partial charge in [0, 0.05) is 19.3 Å². The first-order valence-corrected chi connectivity index (χ1v) is 27.2. The van der Waals surface area contributed by atoms with Gasteiger partial charge in [-0.25, -0.2) is 0 Å². The molecule has 66 heavy (non-hydrogen) atoms. The van der Waals surface area contributed by atoms with E-state index in [-0.39, 0.29) is 38.0 Å². The van der Waals surface area contributed by atoms with E-state index in [2.05, 4.69) is 106 Å². The molecule has 0 fully saturated rings. The van der Waals surface area contributed by atoms with Crippen molar-refractivity contribution in [3.63, 3.8) is 0 Å². The maximum atomic E-state index is 12.8. The van der Waals surface area contributed by atoms with E-state index in [4.69, 9.17) is 14.2 Å². The fraction of sp³-hybridized carbons (Fsp3) is 0.683. The summed E-state index contributed by atoms with van der Waals surface area (Å²) < 4.78 is 16.7. The van der Waals surface area contributed by atoms with Crippen molar-refractivity contribution in [2.75, 3.05) is 13.2 Å². The monoisotopic (exact) mass is 917 g/mol. The number of rotatable bonds is 48. The Morgan fingerprint density at radius 1 is 0.303 bits per heavy atom. The van der Waals surface area contributed by atoms with Crippen LogP contribution < -0.4 is 0 Å². The molecule has 0 N–H and O–H groups in total. The van der Waals surface area contributed by atoms with E-state index in [0.717, 1.165) is 64.2 Å². The molecule has 376 valence electrons. The number of unbranched alkanes of at least 4 members (excludes halogenated alkanes) is 21. The third-order valence-corrected chi connectivity index (χ3v) is 11.3. The molecule has 0 saturated carbocycles. The predicted molar refractivity (Wildman–Crippen MR) is 284 cm³/mol. The fourth-order valence-electron chi connectivity index (χ4n) is 7.21. The molecule has 0 saturated heterocycles. The molecular weight excluding hydrogens is 817 g/mol. The molecule has 6 nitrogen and oxygen atoms in total. The highest BCUT2D eigenvalue weighted by Crippen LogP contribution is 2.14. The van der Waals surface area contributed by atoms with Crippen molar-refractivity contribution < 1.29 is 28.6 Å². The topological polar surface area (TPSA) is 78.9 Å². The second-order valence-corrected chi connectivity index (χ2v) is 17.8. The summed E-state index contributed by atoms with van der Waals surface area (Å²) in [7, 11) is 0. The van der Waals surface area contributed by atoms with Gasteiger partial charge in [0.2, 0.25) is 0 Å². The summed E-state index contributed by atoms with van der Waals surface area (Å²) >= 11 is 0. The first kappa shape index (κ1) is 62.3. The molecule has 0 rings (SSSR count). The zero-order valence-electron chi connectivity index (χ0n) is 42.9. The van der Waals surface area contributed by atoms with Crippen LogP contribution in [0.25, 0.3) is 0 Å². The fourth-order valence-corrected chi connectivity index (χ4v) is 7.21. The molecule has 0 radical (unpaired) electrons. The van der Waals surface area contributed by atoms with Crippen molar-refractivity contribution in [2.24, 2.45) is 0 Å². The number of allylic oxidation sites excluding steroid dienone is 16. The molecule has 0 bridgehead atoms. The number of ether oxygens (including phenoxy) is 3. The smallest absolute Gasteiger partial charge is 0.306 e.